The normalized spacial score (nSPS) is 27.7. The van der Waals surface area contributed by atoms with E-state index in [1.54, 1.807) is 4.90 Å². The van der Waals surface area contributed by atoms with Crippen molar-refractivity contribution in [2.75, 3.05) is 6.54 Å². The lowest BCUT2D eigenvalue weighted by Crippen LogP contribution is -2.63. The Hall–Kier alpha value is -2.20. The number of hydrogen-bond donors (Lipinski definition) is 5. The quantitative estimate of drug-likeness (QED) is 0.285. The summed E-state index contributed by atoms with van der Waals surface area (Å²) in [7, 11) is 0. The van der Waals surface area contributed by atoms with E-state index in [1.165, 1.54) is 0 Å². The van der Waals surface area contributed by atoms with E-state index < -0.39 is 58.9 Å². The van der Waals surface area contributed by atoms with Gasteiger partial charge in [0.15, 0.2) is 0 Å². The van der Waals surface area contributed by atoms with Gasteiger partial charge in [-0.3, -0.25) is 19.3 Å². The molecule has 3 rings (SSSR count). The molecule has 0 aromatic carbocycles. The molecule has 2 aliphatic carbocycles. The average molecular weight is 536 g/mol. The Morgan fingerprint density at radius 1 is 1.05 bits per heavy atom. The van der Waals surface area contributed by atoms with Gasteiger partial charge in [0.05, 0.1) is 18.1 Å². The van der Waals surface area contributed by atoms with E-state index >= 15 is 0 Å². The number of Topliss-reactive ketones (excluding diaryl/α,β-unsaturated/α-hetero) is 1. The average Bonchev–Trinajstić information content (AvgIpc) is 3.05. The third-order valence-corrected chi connectivity index (χ3v) is 8.88. The van der Waals surface area contributed by atoms with Crippen molar-refractivity contribution >= 4 is 23.6 Å². The predicted octanol–water partition coefficient (Wildman–Crippen LogP) is 2.04. The standard InChI is InChI=1S/C28H49N5O5/c1-25(2,3)20(31-24(38)32-26(4,5)6)23(37)33-15-28(14-27(28,7)8)13-18(33)22(36)30-17(19(34)21(29)35)12-16-10-9-11-16/h16-18,20,23,37H,9-15H2,1-8H3,(H2,29,35)(H,30,36)(H2,31,32,38)/t17?,18-,20+,23?,28?/m0/s1. The van der Waals surface area contributed by atoms with Crippen molar-refractivity contribution in [2.45, 2.75) is 124 Å². The van der Waals surface area contributed by atoms with Crippen LogP contribution in [0.15, 0.2) is 0 Å². The number of amides is 4. The van der Waals surface area contributed by atoms with E-state index in [9.17, 15) is 24.3 Å². The van der Waals surface area contributed by atoms with Gasteiger partial charge in [-0.2, -0.15) is 0 Å². The Morgan fingerprint density at radius 3 is 2.05 bits per heavy atom. The number of nitrogens with one attached hydrogen (secondary N) is 3. The molecule has 3 unspecified atom stereocenters. The van der Waals surface area contributed by atoms with Crippen LogP contribution in [0.3, 0.4) is 0 Å². The zero-order chi connectivity index (χ0) is 28.8. The number of nitrogens with two attached hydrogens (primary N) is 1. The van der Waals surface area contributed by atoms with Crippen LogP contribution in [-0.2, 0) is 14.4 Å². The summed E-state index contributed by atoms with van der Waals surface area (Å²) in [6.07, 6.45) is 3.66. The number of hydrogen-bond acceptors (Lipinski definition) is 6. The summed E-state index contributed by atoms with van der Waals surface area (Å²) in [4.78, 5) is 52.6. The SMILES string of the molecule is CC(C)(C)NC(=O)N[C@H](C(O)N1CC2(C[C@H]1C(=O)NC(CC1CCC1)C(=O)C(N)=O)CC2(C)C)C(C)(C)C. The minimum absolute atomic E-state index is 0.00262. The summed E-state index contributed by atoms with van der Waals surface area (Å²) in [6, 6.07) is -2.77. The second-order valence-corrected chi connectivity index (χ2v) is 14.7. The maximum Gasteiger partial charge on any atom is 0.315 e. The number of nitrogens with zero attached hydrogens (tertiary/aromatic N) is 1. The first kappa shape index (κ1) is 30.3. The van der Waals surface area contributed by atoms with E-state index in [0.29, 0.717) is 19.4 Å². The molecule has 1 aliphatic heterocycles. The molecule has 216 valence electrons. The van der Waals surface area contributed by atoms with E-state index in [0.717, 1.165) is 25.7 Å². The second-order valence-electron chi connectivity index (χ2n) is 14.7. The van der Waals surface area contributed by atoms with Gasteiger partial charge < -0.3 is 26.8 Å². The summed E-state index contributed by atoms with van der Waals surface area (Å²) >= 11 is 0. The van der Waals surface area contributed by atoms with Gasteiger partial charge in [0, 0.05) is 12.1 Å². The van der Waals surface area contributed by atoms with Gasteiger partial charge in [-0.1, -0.05) is 53.9 Å². The molecule has 5 atom stereocenters. The molecule has 4 amide bonds. The molecule has 0 radical (unpaired) electrons. The van der Waals surface area contributed by atoms with Crippen molar-refractivity contribution in [3.63, 3.8) is 0 Å². The molecule has 6 N–H and O–H groups in total. The van der Waals surface area contributed by atoms with Crippen LogP contribution in [0, 0.1) is 22.2 Å². The topological polar surface area (TPSA) is 154 Å². The van der Waals surface area contributed by atoms with Gasteiger partial charge in [0.25, 0.3) is 5.91 Å². The van der Waals surface area contributed by atoms with Crippen molar-refractivity contribution < 1.29 is 24.3 Å². The Bertz CT molecular complexity index is 948. The van der Waals surface area contributed by atoms with Gasteiger partial charge in [0.2, 0.25) is 11.7 Å². The van der Waals surface area contributed by atoms with Crippen molar-refractivity contribution in [1.29, 1.82) is 0 Å². The van der Waals surface area contributed by atoms with E-state index in [-0.39, 0.29) is 16.7 Å². The summed E-state index contributed by atoms with van der Waals surface area (Å²) in [5.74, 6) is -1.96. The molecule has 1 spiro atoms. The summed E-state index contributed by atoms with van der Waals surface area (Å²) in [5, 5.41) is 20.4. The molecule has 0 aromatic rings. The zero-order valence-corrected chi connectivity index (χ0v) is 24.4. The summed E-state index contributed by atoms with van der Waals surface area (Å²) in [6.45, 7) is 16.2. The minimum atomic E-state index is -1.15. The molecule has 1 heterocycles. The Balaban J connectivity index is 1.85. The molecule has 10 heteroatoms. The maximum absolute atomic E-state index is 13.7. The highest BCUT2D eigenvalue weighted by Gasteiger charge is 2.67. The van der Waals surface area contributed by atoms with Gasteiger partial charge in [0.1, 0.15) is 6.23 Å². The molecule has 1 saturated heterocycles. The lowest BCUT2D eigenvalue weighted by atomic mass is 9.80. The highest BCUT2D eigenvalue weighted by atomic mass is 16.3. The predicted molar refractivity (Wildman–Crippen MR) is 145 cm³/mol. The molecule has 38 heavy (non-hydrogen) atoms. The van der Waals surface area contributed by atoms with E-state index in [4.69, 9.17) is 5.73 Å². The van der Waals surface area contributed by atoms with Crippen LogP contribution in [0.5, 0.6) is 0 Å². The number of aliphatic hydroxyl groups excluding tert-OH is 1. The van der Waals surface area contributed by atoms with Gasteiger partial charge in [-0.15, -0.1) is 0 Å². The van der Waals surface area contributed by atoms with Crippen LogP contribution in [0.4, 0.5) is 4.79 Å². The Kier molecular flexibility index (Phi) is 8.31. The van der Waals surface area contributed by atoms with Gasteiger partial charge >= 0.3 is 6.03 Å². The molecular weight excluding hydrogens is 486 g/mol. The number of urea groups is 1. The second kappa shape index (κ2) is 10.4. The zero-order valence-electron chi connectivity index (χ0n) is 24.4. The molecular formula is C28H49N5O5. The number of likely N-dealkylation sites (tertiary alicyclic amines) is 1. The maximum atomic E-state index is 13.7. The number of aliphatic hydroxyl groups is 1. The fraction of sp³-hybridized carbons (Fsp3) is 0.857. The highest BCUT2D eigenvalue weighted by Crippen LogP contribution is 2.69. The van der Waals surface area contributed by atoms with E-state index in [1.807, 2.05) is 41.5 Å². The fourth-order valence-corrected chi connectivity index (χ4v) is 6.13. The van der Waals surface area contributed by atoms with Crippen molar-refractivity contribution in [1.82, 2.24) is 20.9 Å². The lowest BCUT2D eigenvalue weighted by molar-refractivity contribution is -0.140. The van der Waals surface area contributed by atoms with Gasteiger partial charge in [-0.05, 0) is 62.2 Å². The smallest absolute Gasteiger partial charge is 0.315 e. The largest absolute Gasteiger partial charge is 0.376 e. The first-order chi connectivity index (χ1) is 17.3. The van der Waals surface area contributed by atoms with Crippen LogP contribution in [0.25, 0.3) is 0 Å². The van der Waals surface area contributed by atoms with Crippen LogP contribution in [0.2, 0.25) is 0 Å². The third kappa shape index (κ3) is 6.68. The lowest BCUT2D eigenvalue weighted by Gasteiger charge is -2.41. The number of carbonyl (C=O) groups is 4. The minimum Gasteiger partial charge on any atom is -0.376 e. The summed E-state index contributed by atoms with van der Waals surface area (Å²) in [5.41, 5.74) is 4.17. The molecule has 3 aliphatic rings. The van der Waals surface area contributed by atoms with Crippen LogP contribution in [-0.4, -0.2) is 70.1 Å². The number of carbonyl (C=O) groups excluding carboxylic acids is 4. The molecule has 2 saturated carbocycles. The highest BCUT2D eigenvalue weighted by molar-refractivity contribution is 6.37. The molecule has 0 bridgehead atoms. The number of primary amides is 1. The molecule has 3 fully saturated rings. The molecule has 10 nitrogen and oxygen atoms in total. The van der Waals surface area contributed by atoms with Crippen molar-refractivity contribution in [2.24, 2.45) is 27.9 Å². The fourth-order valence-electron chi connectivity index (χ4n) is 6.13. The van der Waals surface area contributed by atoms with Crippen molar-refractivity contribution in [3.8, 4) is 0 Å². The summed E-state index contributed by atoms with van der Waals surface area (Å²) < 4.78 is 0. The van der Waals surface area contributed by atoms with Gasteiger partial charge in [-0.25, -0.2) is 4.79 Å². The first-order valence-corrected chi connectivity index (χ1v) is 13.9. The Labute approximate surface area is 227 Å². The first-order valence-electron chi connectivity index (χ1n) is 13.9. The number of ketones is 1. The third-order valence-electron chi connectivity index (χ3n) is 8.88. The van der Waals surface area contributed by atoms with Crippen molar-refractivity contribution in [3.05, 3.63) is 0 Å². The Morgan fingerprint density at radius 2 is 1.63 bits per heavy atom. The monoisotopic (exact) mass is 535 g/mol. The van der Waals surface area contributed by atoms with Crippen LogP contribution < -0.4 is 21.7 Å². The van der Waals surface area contributed by atoms with Crippen LogP contribution >= 0.6 is 0 Å². The molecule has 0 aromatic heterocycles. The number of rotatable bonds is 9. The van der Waals surface area contributed by atoms with E-state index in [2.05, 4.69) is 29.8 Å². The van der Waals surface area contributed by atoms with Crippen LogP contribution in [0.1, 0.15) is 93.9 Å².